The highest BCUT2D eigenvalue weighted by atomic mass is 16.5. The number of benzene rings is 1. The molecule has 0 fully saturated rings. The molecule has 0 radical (unpaired) electrons. The molecule has 0 saturated carbocycles. The van der Waals surface area contributed by atoms with Gasteiger partial charge in [0.1, 0.15) is 11.4 Å². The Morgan fingerprint density at radius 3 is 2.55 bits per heavy atom. The third-order valence-electron chi connectivity index (χ3n) is 3.47. The molecule has 0 atom stereocenters. The van der Waals surface area contributed by atoms with Gasteiger partial charge in [0.25, 0.3) is 0 Å². The predicted octanol–water partition coefficient (Wildman–Crippen LogP) is 2.47. The van der Waals surface area contributed by atoms with Gasteiger partial charge in [-0.15, -0.1) is 0 Å². The van der Waals surface area contributed by atoms with Crippen molar-refractivity contribution >= 4 is 16.8 Å². The number of hydrogen-bond donors (Lipinski definition) is 1. The summed E-state index contributed by atoms with van der Waals surface area (Å²) in [7, 11) is 1.56. The first-order valence-corrected chi connectivity index (χ1v) is 6.78. The van der Waals surface area contributed by atoms with Gasteiger partial charge in [-0.25, -0.2) is 4.98 Å². The molecule has 3 rings (SSSR count). The summed E-state index contributed by atoms with van der Waals surface area (Å²) in [5.74, 6) is 0.329. The highest BCUT2D eigenvalue weighted by Crippen LogP contribution is 2.14. The molecule has 0 aliphatic rings. The summed E-state index contributed by atoms with van der Waals surface area (Å²) in [5, 5.41) is 0.407. The third kappa shape index (κ3) is 2.37. The number of aryl methyl sites for hydroxylation is 1. The van der Waals surface area contributed by atoms with Crippen LogP contribution >= 0.6 is 0 Å². The van der Waals surface area contributed by atoms with E-state index in [-0.39, 0.29) is 16.8 Å². The quantitative estimate of drug-likeness (QED) is 0.753. The van der Waals surface area contributed by atoms with Crippen molar-refractivity contribution in [2.45, 2.75) is 6.92 Å². The van der Waals surface area contributed by atoms with Crippen LogP contribution in [-0.2, 0) is 0 Å². The summed E-state index contributed by atoms with van der Waals surface area (Å²) < 4.78 is 5.06. The van der Waals surface area contributed by atoms with Crippen molar-refractivity contribution in [2.75, 3.05) is 7.11 Å². The number of ketones is 1. The molecule has 0 saturated heterocycles. The molecule has 22 heavy (non-hydrogen) atoms. The first-order chi connectivity index (χ1) is 10.6. The lowest BCUT2D eigenvalue weighted by Crippen LogP contribution is -2.17. The fraction of sp³-hybridized carbons (Fsp3) is 0.118. The lowest BCUT2D eigenvalue weighted by atomic mass is 10.0. The maximum Gasteiger partial charge on any atom is 0.202 e. The Hall–Kier alpha value is -2.95. The molecule has 1 N–H and O–H groups in total. The van der Waals surface area contributed by atoms with Crippen LogP contribution in [0.25, 0.3) is 11.0 Å². The summed E-state index contributed by atoms with van der Waals surface area (Å²) in [6.07, 6.45) is 1.42. The second-order valence-electron chi connectivity index (χ2n) is 4.94. The predicted molar refractivity (Wildman–Crippen MR) is 83.5 cm³/mol. The van der Waals surface area contributed by atoms with Crippen molar-refractivity contribution in [3.8, 4) is 5.75 Å². The van der Waals surface area contributed by atoms with E-state index in [0.29, 0.717) is 22.3 Å². The highest BCUT2D eigenvalue weighted by Gasteiger charge is 2.15. The normalized spacial score (nSPS) is 10.6. The number of nitrogens with one attached hydrogen (secondary N) is 1. The highest BCUT2D eigenvalue weighted by molar-refractivity contribution is 6.09. The molecule has 5 heteroatoms. The van der Waals surface area contributed by atoms with E-state index in [1.807, 2.05) is 6.92 Å². The van der Waals surface area contributed by atoms with Crippen LogP contribution in [0.4, 0.5) is 0 Å². The minimum Gasteiger partial charge on any atom is -0.497 e. The van der Waals surface area contributed by atoms with Crippen LogP contribution < -0.4 is 10.2 Å². The SMILES string of the molecule is COc1ccc(C(=O)c2c[nH]c3nc(C)ccc3c2=O)cc1. The van der Waals surface area contributed by atoms with Crippen LogP contribution in [0, 0.1) is 6.92 Å². The zero-order valence-corrected chi connectivity index (χ0v) is 12.2. The number of aromatic nitrogens is 2. The van der Waals surface area contributed by atoms with Gasteiger partial charge in [-0.3, -0.25) is 9.59 Å². The summed E-state index contributed by atoms with van der Waals surface area (Å²) in [6, 6.07) is 10.1. The molecular weight excluding hydrogens is 280 g/mol. The van der Waals surface area contributed by atoms with Crippen molar-refractivity contribution in [1.29, 1.82) is 0 Å². The number of carbonyl (C=O) groups excluding carboxylic acids is 1. The van der Waals surface area contributed by atoms with E-state index in [4.69, 9.17) is 4.74 Å². The lowest BCUT2D eigenvalue weighted by molar-refractivity contribution is 0.103. The van der Waals surface area contributed by atoms with E-state index in [1.165, 1.54) is 6.20 Å². The number of carbonyl (C=O) groups is 1. The smallest absolute Gasteiger partial charge is 0.202 e. The Kier molecular flexibility index (Phi) is 3.47. The summed E-state index contributed by atoms with van der Waals surface area (Å²) >= 11 is 0. The van der Waals surface area contributed by atoms with Gasteiger partial charge >= 0.3 is 0 Å². The molecule has 5 nitrogen and oxygen atoms in total. The van der Waals surface area contributed by atoms with E-state index in [1.54, 1.807) is 43.5 Å². The molecule has 2 aromatic heterocycles. The monoisotopic (exact) mass is 294 g/mol. The van der Waals surface area contributed by atoms with Gasteiger partial charge in [0, 0.05) is 17.5 Å². The number of methoxy groups -OCH3 is 1. The lowest BCUT2D eigenvalue weighted by Gasteiger charge is -2.04. The maximum atomic E-state index is 12.5. The van der Waals surface area contributed by atoms with Crippen LogP contribution in [0.5, 0.6) is 5.75 Å². The number of hydrogen-bond acceptors (Lipinski definition) is 4. The van der Waals surface area contributed by atoms with Crippen LogP contribution in [-0.4, -0.2) is 22.9 Å². The zero-order valence-electron chi connectivity index (χ0n) is 12.2. The Morgan fingerprint density at radius 1 is 1.14 bits per heavy atom. The van der Waals surface area contributed by atoms with Crippen molar-refractivity contribution in [3.63, 3.8) is 0 Å². The average molecular weight is 294 g/mol. The van der Waals surface area contributed by atoms with Crippen molar-refractivity contribution in [3.05, 3.63) is 69.6 Å². The van der Waals surface area contributed by atoms with Gasteiger partial charge in [-0.05, 0) is 43.3 Å². The fourth-order valence-electron chi connectivity index (χ4n) is 2.27. The van der Waals surface area contributed by atoms with E-state index in [9.17, 15) is 9.59 Å². The molecule has 1 aromatic carbocycles. The molecule has 0 aliphatic carbocycles. The number of fused-ring (bicyclic) bond motifs is 1. The number of aromatic amines is 1. The van der Waals surface area contributed by atoms with Crippen LogP contribution in [0.15, 0.2) is 47.4 Å². The molecule has 0 unspecified atom stereocenters. The number of H-pyrrole nitrogens is 1. The van der Waals surface area contributed by atoms with Crippen molar-refractivity contribution in [2.24, 2.45) is 0 Å². The van der Waals surface area contributed by atoms with E-state index < -0.39 is 0 Å². The standard InChI is InChI=1S/C17H14N2O3/c1-10-3-8-13-16(21)14(9-18-17(13)19-10)15(20)11-4-6-12(22-2)7-5-11/h3-9H,1-2H3,(H,18,19,21). The van der Waals surface area contributed by atoms with Gasteiger partial charge in [0.05, 0.1) is 18.1 Å². The molecule has 0 spiro atoms. The van der Waals surface area contributed by atoms with Crippen LogP contribution in [0.3, 0.4) is 0 Å². The van der Waals surface area contributed by atoms with Crippen LogP contribution in [0.2, 0.25) is 0 Å². The second kappa shape index (κ2) is 5.44. The maximum absolute atomic E-state index is 12.5. The summed E-state index contributed by atoms with van der Waals surface area (Å²) in [6.45, 7) is 1.84. The minimum atomic E-state index is -0.327. The molecule has 0 bridgehead atoms. The molecular formula is C17H14N2O3. The second-order valence-corrected chi connectivity index (χ2v) is 4.94. The summed E-state index contributed by atoms with van der Waals surface area (Å²) in [4.78, 5) is 32.1. The van der Waals surface area contributed by atoms with Gasteiger partial charge in [0.2, 0.25) is 5.43 Å². The zero-order chi connectivity index (χ0) is 15.7. The number of nitrogens with zero attached hydrogens (tertiary/aromatic N) is 1. The molecule has 110 valence electrons. The Labute approximate surface area is 126 Å². The third-order valence-corrected chi connectivity index (χ3v) is 3.47. The van der Waals surface area contributed by atoms with Crippen LogP contribution in [0.1, 0.15) is 21.6 Å². The first-order valence-electron chi connectivity index (χ1n) is 6.78. The first kappa shape index (κ1) is 14.0. The number of ether oxygens (including phenoxy) is 1. The Bertz CT molecular complexity index is 911. The summed E-state index contributed by atoms with van der Waals surface area (Å²) in [5.41, 5.74) is 1.50. The minimum absolute atomic E-state index is 0.100. The van der Waals surface area contributed by atoms with Gasteiger partial charge < -0.3 is 9.72 Å². The van der Waals surface area contributed by atoms with Crippen molar-refractivity contribution < 1.29 is 9.53 Å². The van der Waals surface area contributed by atoms with Gasteiger partial charge in [0.15, 0.2) is 5.78 Å². The number of rotatable bonds is 3. The molecule has 2 heterocycles. The number of pyridine rings is 2. The van der Waals surface area contributed by atoms with E-state index in [2.05, 4.69) is 9.97 Å². The van der Waals surface area contributed by atoms with E-state index >= 15 is 0 Å². The molecule has 0 aliphatic heterocycles. The van der Waals surface area contributed by atoms with Gasteiger partial charge in [-0.2, -0.15) is 0 Å². The Morgan fingerprint density at radius 2 is 1.86 bits per heavy atom. The molecule has 3 aromatic rings. The Balaban J connectivity index is 2.09. The van der Waals surface area contributed by atoms with Gasteiger partial charge in [-0.1, -0.05) is 0 Å². The average Bonchev–Trinajstić information content (AvgIpc) is 2.54. The van der Waals surface area contributed by atoms with E-state index in [0.717, 1.165) is 5.69 Å². The van der Waals surface area contributed by atoms with Crippen molar-refractivity contribution in [1.82, 2.24) is 9.97 Å². The topological polar surface area (TPSA) is 72.1 Å². The largest absolute Gasteiger partial charge is 0.497 e. The fourth-order valence-corrected chi connectivity index (χ4v) is 2.27. The molecule has 0 amide bonds.